The number of nitrogens with two attached hydrogens (primary N) is 1. The van der Waals surface area contributed by atoms with Crippen molar-refractivity contribution in [3.8, 4) is 0 Å². The number of fused-ring (bicyclic) bond motifs is 1. The molecule has 96 valence electrons. The van der Waals surface area contributed by atoms with Crippen LogP contribution in [0.25, 0.3) is 5.57 Å². The van der Waals surface area contributed by atoms with Gasteiger partial charge in [-0.05, 0) is 17.2 Å². The van der Waals surface area contributed by atoms with E-state index in [2.05, 4.69) is 0 Å². The Morgan fingerprint density at radius 2 is 2.00 bits per heavy atom. The van der Waals surface area contributed by atoms with Crippen molar-refractivity contribution < 1.29 is 14.6 Å². The quantitative estimate of drug-likeness (QED) is 0.651. The zero-order valence-corrected chi connectivity index (χ0v) is 10.3. The van der Waals surface area contributed by atoms with Gasteiger partial charge in [0, 0.05) is 29.3 Å². The van der Waals surface area contributed by atoms with Crippen LogP contribution in [0.3, 0.4) is 0 Å². The lowest BCUT2D eigenvalue weighted by Crippen LogP contribution is -2.14. The highest BCUT2D eigenvalue weighted by Crippen LogP contribution is 2.35. The largest absolute Gasteiger partial charge is 0.398 e. The number of hydrogen-bond acceptors (Lipinski definition) is 4. The molecule has 1 heterocycles. The lowest BCUT2D eigenvalue weighted by atomic mass is 9.90. The average molecular weight is 255 g/mol. The number of rotatable bonds is 2. The van der Waals surface area contributed by atoms with Crippen LogP contribution in [0.2, 0.25) is 0 Å². The number of hydrogen-bond donors (Lipinski definition) is 1. The van der Waals surface area contributed by atoms with E-state index in [-0.39, 0.29) is 0 Å². The second kappa shape index (κ2) is 4.74. The molecule has 19 heavy (non-hydrogen) atoms. The molecule has 0 bridgehead atoms. The second-order valence-electron chi connectivity index (χ2n) is 4.46. The number of aldehydes is 1. The third-order valence-corrected chi connectivity index (χ3v) is 3.26. The Bertz CT molecular complexity index is 609. The maximum absolute atomic E-state index is 10.7. The van der Waals surface area contributed by atoms with Crippen molar-refractivity contribution in [2.45, 2.75) is 6.42 Å². The maximum Gasteiger partial charge on any atom is 0.170 e. The first-order valence-corrected chi connectivity index (χ1v) is 6.03. The summed E-state index contributed by atoms with van der Waals surface area (Å²) in [6, 6.07) is 7.39. The number of carbonyl (C=O) groups excluding carboxylic acids is 1. The first-order chi connectivity index (χ1) is 9.28. The number of benzene rings is 1. The van der Waals surface area contributed by atoms with E-state index in [9.17, 15) is 4.79 Å². The normalized spacial score (nSPS) is 18.1. The van der Waals surface area contributed by atoms with Crippen LogP contribution in [0.4, 0.5) is 0 Å². The van der Waals surface area contributed by atoms with Crippen molar-refractivity contribution >= 4 is 11.9 Å². The van der Waals surface area contributed by atoms with Crippen LogP contribution in [-0.2, 0) is 9.78 Å². The minimum atomic E-state index is 0.448. The molecule has 0 amide bonds. The summed E-state index contributed by atoms with van der Waals surface area (Å²) in [6.45, 7) is 0.448. The lowest BCUT2D eigenvalue weighted by Gasteiger charge is -2.23. The molecule has 2 N–H and O–H groups in total. The predicted molar refractivity (Wildman–Crippen MR) is 70.8 cm³/mol. The van der Waals surface area contributed by atoms with Crippen LogP contribution in [0.15, 0.2) is 53.4 Å². The monoisotopic (exact) mass is 255 g/mol. The van der Waals surface area contributed by atoms with Gasteiger partial charge in [-0.15, -0.1) is 0 Å². The second-order valence-corrected chi connectivity index (χ2v) is 4.46. The molecular formula is C15H13NO3. The van der Waals surface area contributed by atoms with Gasteiger partial charge in [-0.3, -0.25) is 4.79 Å². The first-order valence-electron chi connectivity index (χ1n) is 6.03. The Kier molecular flexibility index (Phi) is 2.93. The van der Waals surface area contributed by atoms with Gasteiger partial charge in [0.15, 0.2) is 5.76 Å². The van der Waals surface area contributed by atoms with E-state index in [0.29, 0.717) is 30.0 Å². The number of carbonyl (C=O) groups is 1. The molecule has 4 nitrogen and oxygen atoms in total. The van der Waals surface area contributed by atoms with Gasteiger partial charge in [-0.25, -0.2) is 0 Å². The molecular weight excluding hydrogens is 242 g/mol. The molecule has 1 aromatic rings. The average Bonchev–Trinajstić information content (AvgIpc) is 2.47. The first kappa shape index (κ1) is 11.7. The van der Waals surface area contributed by atoms with Crippen LogP contribution in [0.5, 0.6) is 0 Å². The van der Waals surface area contributed by atoms with E-state index >= 15 is 0 Å². The van der Waals surface area contributed by atoms with Gasteiger partial charge in [0.2, 0.25) is 0 Å². The molecule has 0 spiro atoms. The van der Waals surface area contributed by atoms with E-state index in [4.69, 9.17) is 15.5 Å². The van der Waals surface area contributed by atoms with Crippen molar-refractivity contribution in [2.75, 3.05) is 6.61 Å². The summed E-state index contributed by atoms with van der Waals surface area (Å²) in [5.74, 6) is 0.678. The third-order valence-electron chi connectivity index (χ3n) is 3.26. The van der Waals surface area contributed by atoms with Gasteiger partial charge >= 0.3 is 0 Å². The molecule has 0 fully saturated rings. The zero-order valence-electron chi connectivity index (χ0n) is 10.3. The molecule has 0 atom stereocenters. The fraction of sp³-hybridized carbons (Fsp3) is 0.133. The molecule has 0 unspecified atom stereocenters. The fourth-order valence-corrected chi connectivity index (χ4v) is 2.21. The fourth-order valence-electron chi connectivity index (χ4n) is 2.21. The molecule has 3 rings (SSSR count). The molecule has 0 aromatic heterocycles. The van der Waals surface area contributed by atoms with Gasteiger partial charge in [0.05, 0.1) is 0 Å². The number of allylic oxidation sites excluding steroid dienone is 3. The standard InChI is InChI=1S/C15H13NO3/c16-14-8-15-12(5-6-18-19-15)7-13(14)11-3-1-10(9-17)2-4-11/h1-5,8-9H,6-7,16H2. The van der Waals surface area contributed by atoms with Crippen LogP contribution >= 0.6 is 0 Å². The summed E-state index contributed by atoms with van der Waals surface area (Å²) >= 11 is 0. The maximum atomic E-state index is 10.7. The van der Waals surface area contributed by atoms with Crippen molar-refractivity contribution in [3.63, 3.8) is 0 Å². The molecule has 0 radical (unpaired) electrons. The van der Waals surface area contributed by atoms with Gasteiger partial charge in [-0.2, -0.15) is 4.89 Å². The summed E-state index contributed by atoms with van der Waals surface area (Å²) in [5, 5.41) is 0. The summed E-state index contributed by atoms with van der Waals surface area (Å²) in [5.41, 5.74) is 10.5. The smallest absolute Gasteiger partial charge is 0.170 e. The summed E-state index contributed by atoms with van der Waals surface area (Å²) < 4.78 is 0. The zero-order chi connectivity index (χ0) is 13.2. The van der Waals surface area contributed by atoms with Crippen molar-refractivity contribution in [1.29, 1.82) is 0 Å². The highest BCUT2D eigenvalue weighted by molar-refractivity contribution is 5.79. The Hall–Kier alpha value is -2.33. The van der Waals surface area contributed by atoms with Gasteiger partial charge in [0.25, 0.3) is 0 Å². The SMILES string of the molecule is NC1=C(c2ccc(C=O)cc2)CC2=CCOOC2=C1. The topological polar surface area (TPSA) is 61.6 Å². The Morgan fingerprint density at radius 1 is 1.21 bits per heavy atom. The van der Waals surface area contributed by atoms with E-state index in [0.717, 1.165) is 23.0 Å². The Labute approximate surface area is 110 Å². The van der Waals surface area contributed by atoms with Gasteiger partial charge < -0.3 is 10.6 Å². The van der Waals surface area contributed by atoms with Crippen molar-refractivity contribution in [1.82, 2.24) is 0 Å². The van der Waals surface area contributed by atoms with E-state index < -0.39 is 0 Å². The predicted octanol–water partition coefficient (Wildman–Crippen LogP) is 2.34. The minimum absolute atomic E-state index is 0.448. The molecule has 0 saturated heterocycles. The van der Waals surface area contributed by atoms with Crippen LogP contribution in [0, 0.1) is 0 Å². The van der Waals surface area contributed by atoms with Gasteiger partial charge in [0.1, 0.15) is 12.9 Å². The van der Waals surface area contributed by atoms with E-state index in [1.807, 2.05) is 18.2 Å². The highest BCUT2D eigenvalue weighted by atomic mass is 17.2. The van der Waals surface area contributed by atoms with Crippen molar-refractivity contribution in [3.05, 3.63) is 64.6 Å². The molecule has 1 aromatic carbocycles. The minimum Gasteiger partial charge on any atom is -0.398 e. The molecule has 0 saturated carbocycles. The van der Waals surface area contributed by atoms with Gasteiger partial charge in [-0.1, -0.05) is 24.3 Å². The Balaban J connectivity index is 1.99. The highest BCUT2D eigenvalue weighted by Gasteiger charge is 2.21. The van der Waals surface area contributed by atoms with E-state index in [1.165, 1.54) is 0 Å². The summed E-state index contributed by atoms with van der Waals surface area (Å²) in [6.07, 6.45) is 5.30. The van der Waals surface area contributed by atoms with Crippen molar-refractivity contribution in [2.24, 2.45) is 5.73 Å². The molecule has 1 aliphatic heterocycles. The molecule has 2 aliphatic rings. The van der Waals surface area contributed by atoms with Crippen LogP contribution in [-0.4, -0.2) is 12.9 Å². The summed E-state index contributed by atoms with van der Waals surface area (Å²) in [7, 11) is 0. The lowest BCUT2D eigenvalue weighted by molar-refractivity contribution is -0.255. The van der Waals surface area contributed by atoms with E-state index in [1.54, 1.807) is 18.2 Å². The van der Waals surface area contributed by atoms with Crippen LogP contribution in [0.1, 0.15) is 22.3 Å². The third kappa shape index (κ3) is 2.18. The molecule has 4 heteroatoms. The Morgan fingerprint density at radius 3 is 2.74 bits per heavy atom. The van der Waals surface area contributed by atoms with Crippen LogP contribution < -0.4 is 5.73 Å². The molecule has 1 aliphatic carbocycles. The summed E-state index contributed by atoms with van der Waals surface area (Å²) in [4.78, 5) is 20.7.